The van der Waals surface area contributed by atoms with Crippen LogP contribution in [0.1, 0.15) is 24.8 Å². The number of carboxylic acid groups (broad SMARTS) is 2. The molecule has 4 rings (SSSR count). The van der Waals surface area contributed by atoms with Gasteiger partial charge < -0.3 is 24.6 Å². The van der Waals surface area contributed by atoms with E-state index in [4.69, 9.17) is 29.3 Å². The maximum absolute atomic E-state index is 12.3. The first-order chi connectivity index (χ1) is 16.8. The Bertz CT molecular complexity index is 1040. The van der Waals surface area contributed by atoms with Crippen molar-refractivity contribution in [3.05, 3.63) is 52.5 Å². The highest BCUT2D eigenvalue weighted by atomic mass is 79.9. The van der Waals surface area contributed by atoms with Gasteiger partial charge in [-0.15, -0.1) is 0 Å². The number of nitrogens with zero attached hydrogens (tertiary/aromatic N) is 2. The zero-order chi connectivity index (χ0) is 25.4. The van der Waals surface area contributed by atoms with Crippen molar-refractivity contribution in [2.45, 2.75) is 31.8 Å². The molecule has 0 saturated carbocycles. The fraction of sp³-hybridized carbons (Fsp3) is 0.400. The van der Waals surface area contributed by atoms with Crippen molar-refractivity contribution in [3.8, 4) is 11.5 Å². The number of amides is 1. The molecule has 2 heterocycles. The van der Waals surface area contributed by atoms with Crippen molar-refractivity contribution in [2.24, 2.45) is 0 Å². The second kappa shape index (κ2) is 12.6. The van der Waals surface area contributed by atoms with Gasteiger partial charge in [0.25, 0.3) is 0 Å². The van der Waals surface area contributed by atoms with E-state index in [0.29, 0.717) is 6.42 Å². The molecule has 2 N–H and O–H groups in total. The summed E-state index contributed by atoms with van der Waals surface area (Å²) < 4.78 is 12.5. The third-order valence-corrected chi connectivity index (χ3v) is 6.32. The number of carbonyl (C=O) groups excluding carboxylic acids is 1. The van der Waals surface area contributed by atoms with Crippen molar-refractivity contribution in [1.82, 2.24) is 4.90 Å². The maximum Gasteiger partial charge on any atom is 0.414 e. The van der Waals surface area contributed by atoms with Crippen LogP contribution in [0.3, 0.4) is 0 Å². The predicted octanol–water partition coefficient (Wildman–Crippen LogP) is 3.44. The zero-order valence-electron chi connectivity index (χ0n) is 19.5. The molecule has 0 spiro atoms. The van der Waals surface area contributed by atoms with Crippen LogP contribution in [-0.4, -0.2) is 72.4 Å². The number of rotatable bonds is 7. The first-order valence-electron chi connectivity index (χ1n) is 11.4. The van der Waals surface area contributed by atoms with Crippen molar-refractivity contribution < 1.29 is 34.1 Å². The fourth-order valence-electron chi connectivity index (χ4n) is 4.03. The average Bonchev–Trinajstić information content (AvgIpc) is 2.81. The predicted molar refractivity (Wildman–Crippen MR) is 133 cm³/mol. The van der Waals surface area contributed by atoms with E-state index in [1.807, 2.05) is 29.2 Å². The number of para-hydroxylation sites is 1. The second-order valence-corrected chi connectivity index (χ2v) is 9.20. The van der Waals surface area contributed by atoms with E-state index in [1.165, 1.54) is 5.56 Å². The molecule has 2 aromatic rings. The largest absolute Gasteiger partial charge is 0.493 e. The zero-order valence-corrected chi connectivity index (χ0v) is 21.1. The molecule has 2 aliphatic heterocycles. The van der Waals surface area contributed by atoms with E-state index < -0.39 is 11.9 Å². The lowest BCUT2D eigenvalue weighted by Gasteiger charge is -2.39. The number of anilines is 1. The summed E-state index contributed by atoms with van der Waals surface area (Å²) in [4.78, 5) is 34.9. The number of methoxy groups -OCH3 is 1. The van der Waals surface area contributed by atoms with Crippen molar-refractivity contribution >= 4 is 39.5 Å². The highest BCUT2D eigenvalue weighted by Crippen LogP contribution is 2.32. The molecule has 10 heteroatoms. The normalized spacial score (nSPS) is 16.1. The summed E-state index contributed by atoms with van der Waals surface area (Å²) in [5.74, 6) is -1.86. The number of ether oxygens (including phenoxy) is 2. The van der Waals surface area contributed by atoms with Crippen LogP contribution in [0.25, 0.3) is 0 Å². The molecule has 2 fully saturated rings. The van der Waals surface area contributed by atoms with Crippen LogP contribution in [0.2, 0.25) is 0 Å². The van der Waals surface area contributed by atoms with E-state index >= 15 is 0 Å². The summed E-state index contributed by atoms with van der Waals surface area (Å²) in [6.45, 7) is 3.61. The molecule has 0 aliphatic carbocycles. The number of halogens is 1. The van der Waals surface area contributed by atoms with Crippen molar-refractivity contribution in [3.63, 3.8) is 0 Å². The van der Waals surface area contributed by atoms with Gasteiger partial charge in [-0.1, -0.05) is 34.1 Å². The summed E-state index contributed by atoms with van der Waals surface area (Å²) in [6.07, 6.45) is 3.88. The molecule has 35 heavy (non-hydrogen) atoms. The highest BCUT2D eigenvalue weighted by Gasteiger charge is 2.29. The third-order valence-electron chi connectivity index (χ3n) is 5.83. The molecule has 2 aliphatic rings. The van der Waals surface area contributed by atoms with E-state index in [0.717, 1.165) is 67.1 Å². The molecular formula is C25H29BrN2O7. The quantitative estimate of drug-likeness (QED) is 0.505. The van der Waals surface area contributed by atoms with Gasteiger partial charge >= 0.3 is 11.9 Å². The summed E-state index contributed by atoms with van der Waals surface area (Å²) in [7, 11) is 1.66. The van der Waals surface area contributed by atoms with E-state index in [2.05, 4.69) is 39.0 Å². The fourth-order valence-corrected chi connectivity index (χ4v) is 4.37. The van der Waals surface area contributed by atoms with Crippen LogP contribution in [0.5, 0.6) is 11.5 Å². The monoisotopic (exact) mass is 548 g/mol. The molecule has 0 bridgehead atoms. The van der Waals surface area contributed by atoms with Crippen LogP contribution >= 0.6 is 15.9 Å². The molecule has 2 aromatic carbocycles. The lowest BCUT2D eigenvalue weighted by Crippen LogP contribution is -2.54. The van der Waals surface area contributed by atoms with Gasteiger partial charge in [0, 0.05) is 42.8 Å². The third kappa shape index (κ3) is 7.43. The van der Waals surface area contributed by atoms with Gasteiger partial charge in [0.1, 0.15) is 6.10 Å². The van der Waals surface area contributed by atoms with E-state index in [-0.39, 0.29) is 12.0 Å². The summed E-state index contributed by atoms with van der Waals surface area (Å²) in [5, 5.41) is 14.8. The Hall–Kier alpha value is -3.11. The number of piperidine rings is 1. The average molecular weight is 549 g/mol. The molecule has 9 nitrogen and oxygen atoms in total. The number of carbonyl (C=O) groups is 3. The smallest absolute Gasteiger partial charge is 0.414 e. The topological polar surface area (TPSA) is 117 Å². The minimum atomic E-state index is -1.82. The molecular weight excluding hydrogens is 520 g/mol. The summed E-state index contributed by atoms with van der Waals surface area (Å²) in [5.41, 5.74) is 2.34. The molecule has 0 aromatic heterocycles. The van der Waals surface area contributed by atoms with E-state index in [9.17, 15) is 4.79 Å². The molecule has 0 atom stereocenters. The Labute approximate surface area is 212 Å². The standard InChI is InChI=1S/C23H27BrN2O3.C2H2O4/c1-28-21-10-9-18(24)14-22(21)29-19-15-25(16-19)13-11-17-6-2-3-7-20(17)26-12-5-4-8-23(26)27;3-1(4)2(5)6/h2-3,6-7,9-10,14,19H,4-5,8,11-13,15-16H2,1H3;(H,3,4)(H,5,6). The molecule has 2 saturated heterocycles. The van der Waals surface area contributed by atoms with Crippen molar-refractivity contribution in [2.75, 3.05) is 38.2 Å². The van der Waals surface area contributed by atoms with Crippen LogP contribution in [0.15, 0.2) is 46.9 Å². The summed E-state index contributed by atoms with van der Waals surface area (Å²) >= 11 is 3.49. The lowest BCUT2D eigenvalue weighted by atomic mass is 10.0. The van der Waals surface area contributed by atoms with Gasteiger partial charge in [-0.2, -0.15) is 0 Å². The second-order valence-electron chi connectivity index (χ2n) is 8.29. The van der Waals surface area contributed by atoms with Gasteiger partial charge in [0.2, 0.25) is 5.91 Å². The molecule has 0 radical (unpaired) electrons. The van der Waals surface area contributed by atoms with Gasteiger partial charge in [-0.25, -0.2) is 9.59 Å². The molecule has 0 unspecified atom stereocenters. The van der Waals surface area contributed by atoms with Crippen LogP contribution < -0.4 is 14.4 Å². The molecule has 188 valence electrons. The number of carboxylic acids is 2. The first-order valence-corrected chi connectivity index (χ1v) is 12.1. The van der Waals surface area contributed by atoms with Crippen LogP contribution in [-0.2, 0) is 20.8 Å². The van der Waals surface area contributed by atoms with Crippen LogP contribution in [0.4, 0.5) is 5.69 Å². The lowest BCUT2D eigenvalue weighted by molar-refractivity contribution is -0.159. The Balaban J connectivity index is 0.000000509. The maximum atomic E-state index is 12.3. The first kappa shape index (κ1) is 26.5. The summed E-state index contributed by atoms with van der Waals surface area (Å²) in [6, 6.07) is 14.1. The van der Waals surface area contributed by atoms with Crippen LogP contribution in [0, 0.1) is 0 Å². The molecule has 1 amide bonds. The number of hydrogen-bond donors (Lipinski definition) is 2. The Morgan fingerprint density at radius 2 is 1.77 bits per heavy atom. The Morgan fingerprint density at radius 1 is 1.06 bits per heavy atom. The SMILES string of the molecule is COc1ccc(Br)cc1OC1CN(CCc2ccccc2N2CCCCC2=O)C1.O=C(O)C(=O)O. The van der Waals surface area contributed by atoms with E-state index in [1.54, 1.807) is 7.11 Å². The van der Waals surface area contributed by atoms with Gasteiger partial charge in [-0.05, 0) is 49.1 Å². The number of benzene rings is 2. The Kier molecular flexibility index (Phi) is 9.50. The Morgan fingerprint density at radius 3 is 2.43 bits per heavy atom. The van der Waals surface area contributed by atoms with Gasteiger partial charge in [-0.3, -0.25) is 9.69 Å². The van der Waals surface area contributed by atoms with Crippen molar-refractivity contribution in [1.29, 1.82) is 0 Å². The highest BCUT2D eigenvalue weighted by molar-refractivity contribution is 9.10. The van der Waals surface area contributed by atoms with Gasteiger partial charge in [0.05, 0.1) is 7.11 Å². The van der Waals surface area contributed by atoms with Gasteiger partial charge in [0.15, 0.2) is 11.5 Å². The minimum Gasteiger partial charge on any atom is -0.493 e. The minimum absolute atomic E-state index is 0.178. The number of aliphatic carboxylic acids is 2. The number of likely N-dealkylation sites (tertiary alicyclic amines) is 1. The number of hydrogen-bond acceptors (Lipinski definition) is 6.